The number of fused-ring (bicyclic) bond motifs is 1. The molecule has 2 aliphatic heterocycles. The van der Waals surface area contributed by atoms with Crippen LogP contribution in [0.3, 0.4) is 0 Å². The van der Waals surface area contributed by atoms with E-state index in [1.54, 1.807) is 6.07 Å². The molecule has 1 aromatic rings. The number of phenols is 2. The molecule has 1 fully saturated rings. The third kappa shape index (κ3) is 2.71. The Labute approximate surface area is 128 Å². The summed E-state index contributed by atoms with van der Waals surface area (Å²) < 4.78 is 11.5. The van der Waals surface area contributed by atoms with Crippen LogP contribution < -0.4 is 5.73 Å². The first kappa shape index (κ1) is 14.9. The number of ether oxygens (including phenoxy) is 2. The van der Waals surface area contributed by atoms with Crippen LogP contribution in [0.25, 0.3) is 0 Å². The van der Waals surface area contributed by atoms with E-state index in [1.807, 2.05) is 0 Å². The van der Waals surface area contributed by atoms with Crippen molar-refractivity contribution in [1.29, 1.82) is 0 Å². The van der Waals surface area contributed by atoms with Gasteiger partial charge in [0, 0.05) is 31.7 Å². The summed E-state index contributed by atoms with van der Waals surface area (Å²) in [5.74, 6) is -0.0201. The van der Waals surface area contributed by atoms with Crippen LogP contribution in [-0.2, 0) is 15.9 Å². The number of phenolic OH excluding ortho intramolecular Hbond substituents is 2. The van der Waals surface area contributed by atoms with Gasteiger partial charge in [-0.2, -0.15) is 0 Å². The second kappa shape index (κ2) is 6.01. The molecule has 0 spiro atoms. The molecule has 0 aliphatic carbocycles. The van der Waals surface area contributed by atoms with Crippen LogP contribution in [0.4, 0.5) is 0 Å². The highest BCUT2D eigenvalue weighted by Gasteiger charge is 2.35. The van der Waals surface area contributed by atoms with Gasteiger partial charge in [-0.15, -0.1) is 0 Å². The van der Waals surface area contributed by atoms with Crippen LogP contribution >= 0.6 is 11.6 Å². The molecule has 0 saturated carbocycles. The maximum absolute atomic E-state index is 10.2. The van der Waals surface area contributed by atoms with E-state index in [9.17, 15) is 10.2 Å². The van der Waals surface area contributed by atoms with E-state index in [0.29, 0.717) is 24.4 Å². The Kier molecular flexibility index (Phi) is 4.26. The summed E-state index contributed by atoms with van der Waals surface area (Å²) in [7, 11) is 0. The smallest absolute Gasteiger partial charge is 0.176 e. The maximum atomic E-state index is 10.2. The number of halogens is 1. The zero-order valence-electron chi connectivity index (χ0n) is 11.7. The Morgan fingerprint density at radius 2 is 1.95 bits per heavy atom. The summed E-state index contributed by atoms with van der Waals surface area (Å²) >= 11 is 5.94. The van der Waals surface area contributed by atoms with Gasteiger partial charge in [0.15, 0.2) is 11.5 Å². The van der Waals surface area contributed by atoms with E-state index in [2.05, 4.69) is 0 Å². The highest BCUT2D eigenvalue weighted by Crippen LogP contribution is 2.45. The molecule has 2 aliphatic rings. The Balaban J connectivity index is 1.94. The van der Waals surface area contributed by atoms with Gasteiger partial charge in [-0.1, -0.05) is 11.6 Å². The number of rotatable bonds is 2. The Hall–Kier alpha value is -1.01. The van der Waals surface area contributed by atoms with Gasteiger partial charge in [0.2, 0.25) is 0 Å². The highest BCUT2D eigenvalue weighted by atomic mass is 35.5. The van der Waals surface area contributed by atoms with E-state index in [0.717, 1.165) is 31.6 Å². The fourth-order valence-corrected chi connectivity index (χ4v) is 3.48. The van der Waals surface area contributed by atoms with Crippen LogP contribution in [0.2, 0.25) is 5.02 Å². The first-order valence-corrected chi connectivity index (χ1v) is 7.66. The SMILES string of the molecule is NCC1OC(C2CCOCC2)Cc2c1cc(Cl)c(O)c2O. The van der Waals surface area contributed by atoms with Crippen molar-refractivity contribution in [3.8, 4) is 11.5 Å². The van der Waals surface area contributed by atoms with Gasteiger partial charge in [-0.05, 0) is 30.4 Å². The van der Waals surface area contributed by atoms with E-state index in [4.69, 9.17) is 26.8 Å². The van der Waals surface area contributed by atoms with Gasteiger partial charge >= 0.3 is 0 Å². The largest absolute Gasteiger partial charge is 0.504 e. The molecular formula is C15H20ClNO4. The number of aromatic hydroxyl groups is 2. The van der Waals surface area contributed by atoms with Gasteiger partial charge < -0.3 is 25.4 Å². The first-order valence-electron chi connectivity index (χ1n) is 7.28. The number of hydrogen-bond donors (Lipinski definition) is 3. The lowest BCUT2D eigenvalue weighted by molar-refractivity contribution is -0.0774. The highest BCUT2D eigenvalue weighted by molar-refractivity contribution is 6.32. The van der Waals surface area contributed by atoms with Crippen LogP contribution in [0.5, 0.6) is 11.5 Å². The molecule has 21 heavy (non-hydrogen) atoms. The lowest BCUT2D eigenvalue weighted by atomic mass is 9.84. The fourth-order valence-electron chi connectivity index (χ4n) is 3.27. The minimum atomic E-state index is -0.300. The van der Waals surface area contributed by atoms with Gasteiger partial charge in [0.05, 0.1) is 17.2 Å². The van der Waals surface area contributed by atoms with Crippen molar-refractivity contribution in [2.45, 2.75) is 31.5 Å². The molecule has 2 unspecified atom stereocenters. The minimum Gasteiger partial charge on any atom is -0.504 e. The lowest BCUT2D eigenvalue weighted by Crippen LogP contribution is -2.37. The molecule has 2 heterocycles. The zero-order chi connectivity index (χ0) is 15.0. The Morgan fingerprint density at radius 1 is 1.24 bits per heavy atom. The molecule has 1 saturated heterocycles. The summed E-state index contributed by atoms with van der Waals surface area (Å²) in [5.41, 5.74) is 7.29. The summed E-state index contributed by atoms with van der Waals surface area (Å²) in [6, 6.07) is 1.64. The standard InChI is InChI=1S/C15H20ClNO4/c16-11-5-9-10(14(18)15(11)19)6-12(21-13(9)7-17)8-1-3-20-4-2-8/h5,8,12-13,18-19H,1-4,6-7,17H2. The molecule has 0 radical (unpaired) electrons. The molecule has 116 valence electrons. The van der Waals surface area contributed by atoms with Crippen molar-refractivity contribution in [3.63, 3.8) is 0 Å². The van der Waals surface area contributed by atoms with Crippen molar-refractivity contribution >= 4 is 11.6 Å². The van der Waals surface area contributed by atoms with Crippen molar-refractivity contribution in [2.75, 3.05) is 19.8 Å². The summed E-state index contributed by atoms with van der Waals surface area (Å²) in [6.07, 6.45) is 2.13. The van der Waals surface area contributed by atoms with E-state index in [-0.39, 0.29) is 28.7 Å². The monoisotopic (exact) mass is 313 g/mol. The zero-order valence-corrected chi connectivity index (χ0v) is 12.5. The first-order chi connectivity index (χ1) is 10.1. The number of benzene rings is 1. The van der Waals surface area contributed by atoms with E-state index >= 15 is 0 Å². The third-order valence-electron chi connectivity index (χ3n) is 4.46. The molecule has 0 bridgehead atoms. The third-order valence-corrected chi connectivity index (χ3v) is 4.75. The van der Waals surface area contributed by atoms with Crippen LogP contribution in [0.15, 0.2) is 6.07 Å². The molecule has 1 aromatic carbocycles. The van der Waals surface area contributed by atoms with E-state index < -0.39 is 0 Å². The summed E-state index contributed by atoms with van der Waals surface area (Å²) in [4.78, 5) is 0. The quantitative estimate of drug-likeness (QED) is 0.728. The average Bonchev–Trinajstić information content (AvgIpc) is 2.53. The summed E-state index contributed by atoms with van der Waals surface area (Å²) in [6.45, 7) is 1.79. The minimum absolute atomic E-state index is 0.0126. The molecule has 5 nitrogen and oxygen atoms in total. The molecule has 0 amide bonds. The molecule has 2 atom stereocenters. The topological polar surface area (TPSA) is 84.9 Å². The molecule has 4 N–H and O–H groups in total. The van der Waals surface area contributed by atoms with Crippen LogP contribution in [0.1, 0.15) is 30.1 Å². The second-order valence-corrected chi connectivity index (χ2v) is 6.08. The summed E-state index contributed by atoms with van der Waals surface area (Å²) in [5, 5.41) is 20.2. The van der Waals surface area contributed by atoms with E-state index in [1.165, 1.54) is 0 Å². The lowest BCUT2D eigenvalue weighted by Gasteiger charge is -2.38. The van der Waals surface area contributed by atoms with Gasteiger partial charge in [0.1, 0.15) is 0 Å². The van der Waals surface area contributed by atoms with Crippen molar-refractivity contribution in [1.82, 2.24) is 0 Å². The second-order valence-electron chi connectivity index (χ2n) is 5.68. The molecule has 6 heteroatoms. The maximum Gasteiger partial charge on any atom is 0.176 e. The van der Waals surface area contributed by atoms with Crippen molar-refractivity contribution < 1.29 is 19.7 Å². The van der Waals surface area contributed by atoms with Crippen molar-refractivity contribution in [3.05, 3.63) is 22.2 Å². The average molecular weight is 314 g/mol. The predicted octanol–water partition coefficient (Wildman–Crippen LogP) is 2.12. The number of nitrogens with two attached hydrogens (primary N) is 1. The number of hydrogen-bond acceptors (Lipinski definition) is 5. The fraction of sp³-hybridized carbons (Fsp3) is 0.600. The van der Waals surface area contributed by atoms with Gasteiger partial charge in [0.25, 0.3) is 0 Å². The van der Waals surface area contributed by atoms with Crippen molar-refractivity contribution in [2.24, 2.45) is 11.7 Å². The van der Waals surface area contributed by atoms with Gasteiger partial charge in [-0.25, -0.2) is 0 Å². The normalized spacial score (nSPS) is 26.6. The molecular weight excluding hydrogens is 294 g/mol. The van der Waals surface area contributed by atoms with Crippen LogP contribution in [0, 0.1) is 5.92 Å². The van der Waals surface area contributed by atoms with Crippen LogP contribution in [-0.4, -0.2) is 36.1 Å². The Morgan fingerprint density at radius 3 is 2.62 bits per heavy atom. The Bertz CT molecular complexity index is 531. The van der Waals surface area contributed by atoms with Gasteiger partial charge in [-0.3, -0.25) is 0 Å². The predicted molar refractivity (Wildman–Crippen MR) is 78.7 cm³/mol. The molecule has 3 rings (SSSR count). The molecule has 0 aromatic heterocycles.